The Bertz CT molecular complexity index is 474. The Balaban J connectivity index is 2.01. The molecule has 0 saturated carbocycles. The van der Waals surface area contributed by atoms with Gasteiger partial charge in [0.25, 0.3) is 0 Å². The van der Waals surface area contributed by atoms with Crippen molar-refractivity contribution in [2.45, 2.75) is 39.2 Å². The van der Waals surface area contributed by atoms with E-state index in [0.717, 1.165) is 18.8 Å². The molecule has 2 atom stereocenters. The summed E-state index contributed by atoms with van der Waals surface area (Å²) >= 11 is 0. The molecule has 0 aliphatic carbocycles. The maximum atomic E-state index is 11.3. The highest BCUT2D eigenvalue weighted by Gasteiger charge is 2.24. The maximum absolute atomic E-state index is 11.3. The first-order valence-corrected chi connectivity index (χ1v) is 7.93. The van der Waals surface area contributed by atoms with Crippen LogP contribution in [-0.4, -0.2) is 41.7 Å². The van der Waals surface area contributed by atoms with E-state index in [9.17, 15) is 9.90 Å². The Morgan fingerprint density at radius 3 is 2.95 bits per heavy atom. The number of anilines is 1. The van der Waals surface area contributed by atoms with Gasteiger partial charge < -0.3 is 15.3 Å². The highest BCUT2D eigenvalue weighted by atomic mass is 16.4. The SMILES string of the molecule is CCCN1CCCC(C(C)Nc2ccccc2C(=O)O)C1. The minimum atomic E-state index is -0.874. The molecule has 116 valence electrons. The summed E-state index contributed by atoms with van der Waals surface area (Å²) in [6, 6.07) is 7.44. The lowest BCUT2D eigenvalue weighted by molar-refractivity contribution is 0.0698. The number of benzene rings is 1. The van der Waals surface area contributed by atoms with Crippen LogP contribution >= 0.6 is 0 Å². The standard InChI is InChI=1S/C17H26N2O2/c1-3-10-19-11-6-7-14(12-19)13(2)18-16-9-5-4-8-15(16)17(20)21/h4-5,8-9,13-14,18H,3,6-7,10-12H2,1-2H3,(H,20,21). The summed E-state index contributed by atoms with van der Waals surface area (Å²) in [4.78, 5) is 13.8. The quantitative estimate of drug-likeness (QED) is 0.844. The monoisotopic (exact) mass is 290 g/mol. The fourth-order valence-corrected chi connectivity index (χ4v) is 3.18. The third kappa shape index (κ3) is 4.21. The Hall–Kier alpha value is -1.55. The van der Waals surface area contributed by atoms with Crippen LogP contribution in [-0.2, 0) is 0 Å². The summed E-state index contributed by atoms with van der Waals surface area (Å²) in [6.07, 6.45) is 3.64. The topological polar surface area (TPSA) is 52.6 Å². The number of aromatic carboxylic acids is 1. The molecule has 2 rings (SSSR count). The van der Waals surface area contributed by atoms with Gasteiger partial charge >= 0.3 is 5.97 Å². The zero-order valence-electron chi connectivity index (χ0n) is 13.0. The summed E-state index contributed by atoms with van der Waals surface area (Å²) in [6.45, 7) is 7.85. The molecule has 2 unspecified atom stereocenters. The number of nitrogens with zero attached hydrogens (tertiary/aromatic N) is 1. The second-order valence-electron chi connectivity index (χ2n) is 5.99. The first-order chi connectivity index (χ1) is 10.1. The van der Waals surface area contributed by atoms with Crippen LogP contribution in [0.5, 0.6) is 0 Å². The maximum Gasteiger partial charge on any atom is 0.337 e. The molecule has 1 aliphatic heterocycles. The summed E-state index contributed by atoms with van der Waals surface area (Å²) in [7, 11) is 0. The average molecular weight is 290 g/mol. The first-order valence-electron chi connectivity index (χ1n) is 7.93. The number of para-hydroxylation sites is 1. The number of hydrogen-bond donors (Lipinski definition) is 2. The van der Waals surface area contributed by atoms with Crippen molar-refractivity contribution in [1.29, 1.82) is 0 Å². The zero-order chi connectivity index (χ0) is 15.2. The fraction of sp³-hybridized carbons (Fsp3) is 0.588. The average Bonchev–Trinajstić information content (AvgIpc) is 2.48. The molecule has 21 heavy (non-hydrogen) atoms. The third-order valence-corrected chi connectivity index (χ3v) is 4.33. The van der Waals surface area contributed by atoms with Gasteiger partial charge in [0.2, 0.25) is 0 Å². The van der Waals surface area contributed by atoms with Crippen LogP contribution in [0.3, 0.4) is 0 Å². The molecule has 4 nitrogen and oxygen atoms in total. The van der Waals surface area contributed by atoms with Crippen molar-refractivity contribution in [3.05, 3.63) is 29.8 Å². The van der Waals surface area contributed by atoms with Crippen molar-refractivity contribution >= 4 is 11.7 Å². The van der Waals surface area contributed by atoms with Gasteiger partial charge in [0.05, 0.1) is 5.56 Å². The van der Waals surface area contributed by atoms with E-state index >= 15 is 0 Å². The van der Waals surface area contributed by atoms with Crippen LogP contribution in [0.15, 0.2) is 24.3 Å². The van der Waals surface area contributed by atoms with Crippen molar-refractivity contribution in [1.82, 2.24) is 4.90 Å². The van der Waals surface area contributed by atoms with Crippen LogP contribution in [0.2, 0.25) is 0 Å². The normalized spacial score (nSPS) is 21.0. The summed E-state index contributed by atoms with van der Waals surface area (Å²) in [5.74, 6) is -0.297. The van der Waals surface area contributed by atoms with Crippen LogP contribution in [0.1, 0.15) is 43.5 Å². The molecule has 1 aliphatic rings. The predicted molar refractivity (Wildman–Crippen MR) is 85.9 cm³/mol. The Morgan fingerprint density at radius 2 is 2.24 bits per heavy atom. The van der Waals surface area contributed by atoms with E-state index in [1.165, 1.54) is 25.8 Å². The molecule has 0 spiro atoms. The second kappa shape index (κ2) is 7.46. The summed E-state index contributed by atoms with van der Waals surface area (Å²) < 4.78 is 0. The molecule has 4 heteroatoms. The van der Waals surface area contributed by atoms with Crippen molar-refractivity contribution in [3.63, 3.8) is 0 Å². The number of rotatable bonds is 6. The Morgan fingerprint density at radius 1 is 1.48 bits per heavy atom. The molecular weight excluding hydrogens is 264 g/mol. The van der Waals surface area contributed by atoms with Gasteiger partial charge in [0.1, 0.15) is 0 Å². The fourth-order valence-electron chi connectivity index (χ4n) is 3.18. The van der Waals surface area contributed by atoms with E-state index < -0.39 is 5.97 Å². The van der Waals surface area contributed by atoms with Crippen molar-refractivity contribution in [2.24, 2.45) is 5.92 Å². The lowest BCUT2D eigenvalue weighted by Crippen LogP contribution is -2.42. The largest absolute Gasteiger partial charge is 0.478 e. The van der Waals surface area contributed by atoms with E-state index in [1.807, 2.05) is 12.1 Å². The van der Waals surface area contributed by atoms with Crippen LogP contribution < -0.4 is 5.32 Å². The van der Waals surface area contributed by atoms with Crippen LogP contribution in [0, 0.1) is 5.92 Å². The highest BCUT2D eigenvalue weighted by molar-refractivity contribution is 5.94. The number of nitrogens with one attached hydrogen (secondary N) is 1. The molecule has 0 amide bonds. The molecule has 0 aromatic heterocycles. The van der Waals surface area contributed by atoms with E-state index in [2.05, 4.69) is 24.1 Å². The van der Waals surface area contributed by atoms with Crippen molar-refractivity contribution in [3.8, 4) is 0 Å². The molecule has 1 fully saturated rings. The number of carboxylic acids is 1. The van der Waals surface area contributed by atoms with Crippen LogP contribution in [0.25, 0.3) is 0 Å². The second-order valence-corrected chi connectivity index (χ2v) is 5.99. The minimum absolute atomic E-state index is 0.283. The zero-order valence-corrected chi connectivity index (χ0v) is 13.0. The number of piperidine rings is 1. The van der Waals surface area contributed by atoms with Gasteiger partial charge in [-0.15, -0.1) is 0 Å². The van der Waals surface area contributed by atoms with Crippen molar-refractivity contribution < 1.29 is 9.90 Å². The van der Waals surface area contributed by atoms with E-state index in [0.29, 0.717) is 11.5 Å². The van der Waals surface area contributed by atoms with Gasteiger partial charge in [0, 0.05) is 18.3 Å². The molecule has 2 N–H and O–H groups in total. The predicted octanol–water partition coefficient (Wildman–Crippen LogP) is 3.31. The van der Waals surface area contributed by atoms with Gasteiger partial charge in [-0.2, -0.15) is 0 Å². The molecule has 0 radical (unpaired) electrons. The lowest BCUT2D eigenvalue weighted by Gasteiger charge is -2.36. The van der Waals surface area contributed by atoms with E-state index in [1.54, 1.807) is 12.1 Å². The molecular formula is C17H26N2O2. The molecule has 1 aromatic rings. The van der Waals surface area contributed by atoms with E-state index in [-0.39, 0.29) is 6.04 Å². The number of likely N-dealkylation sites (tertiary alicyclic amines) is 1. The van der Waals surface area contributed by atoms with Gasteiger partial charge in [-0.25, -0.2) is 4.79 Å². The third-order valence-electron chi connectivity index (χ3n) is 4.33. The van der Waals surface area contributed by atoms with Gasteiger partial charge in [-0.05, 0) is 57.3 Å². The van der Waals surface area contributed by atoms with E-state index in [4.69, 9.17) is 0 Å². The van der Waals surface area contributed by atoms with Crippen LogP contribution in [0.4, 0.5) is 5.69 Å². The highest BCUT2D eigenvalue weighted by Crippen LogP contribution is 2.24. The number of carboxylic acid groups (broad SMARTS) is 1. The lowest BCUT2D eigenvalue weighted by atomic mass is 9.91. The summed E-state index contributed by atoms with van der Waals surface area (Å²) in [5.41, 5.74) is 1.08. The number of hydrogen-bond acceptors (Lipinski definition) is 3. The molecule has 1 heterocycles. The Kier molecular flexibility index (Phi) is 5.62. The first kappa shape index (κ1) is 15.8. The molecule has 0 bridgehead atoms. The van der Waals surface area contributed by atoms with Gasteiger partial charge in [-0.3, -0.25) is 0 Å². The summed E-state index contributed by atoms with van der Waals surface area (Å²) in [5, 5.41) is 12.7. The number of carbonyl (C=O) groups is 1. The van der Waals surface area contributed by atoms with Crippen molar-refractivity contribution in [2.75, 3.05) is 25.0 Å². The molecule has 1 aromatic carbocycles. The smallest absolute Gasteiger partial charge is 0.337 e. The van der Waals surface area contributed by atoms with Gasteiger partial charge in [-0.1, -0.05) is 19.1 Å². The van der Waals surface area contributed by atoms with Gasteiger partial charge in [0.15, 0.2) is 0 Å². The minimum Gasteiger partial charge on any atom is -0.478 e. The Labute approximate surface area is 127 Å². The molecule has 1 saturated heterocycles.